The molecular formula is C15H16ClN3O3. The third kappa shape index (κ3) is 2.38. The largest absolute Gasteiger partial charge is 0.378 e. The summed E-state index contributed by atoms with van der Waals surface area (Å²) in [7, 11) is 1.66. The molecule has 0 bridgehead atoms. The molecule has 7 heteroatoms. The maximum Gasteiger partial charge on any atom is 0.264 e. The van der Waals surface area contributed by atoms with Gasteiger partial charge in [0.1, 0.15) is 0 Å². The van der Waals surface area contributed by atoms with Crippen LogP contribution in [0.2, 0.25) is 5.02 Å². The first-order chi connectivity index (χ1) is 10.5. The highest BCUT2D eigenvalue weighted by Gasteiger charge is 2.21. The highest BCUT2D eigenvalue weighted by Crippen LogP contribution is 2.25. The summed E-state index contributed by atoms with van der Waals surface area (Å²) in [4.78, 5) is 31.0. The Balaban J connectivity index is 2.31. The van der Waals surface area contributed by atoms with Gasteiger partial charge in [0.25, 0.3) is 5.56 Å². The van der Waals surface area contributed by atoms with Crippen molar-refractivity contribution in [3.8, 4) is 0 Å². The fraction of sp³-hybridized carbons (Fsp3) is 0.400. The second kappa shape index (κ2) is 5.70. The van der Waals surface area contributed by atoms with Crippen LogP contribution < -0.4 is 10.5 Å². The van der Waals surface area contributed by atoms with E-state index >= 15 is 0 Å². The number of hydrogen-bond acceptors (Lipinski definition) is 5. The summed E-state index contributed by atoms with van der Waals surface area (Å²) in [6.07, 6.45) is 0. The van der Waals surface area contributed by atoms with E-state index in [1.165, 1.54) is 11.5 Å². The fourth-order valence-electron chi connectivity index (χ4n) is 2.65. The zero-order valence-electron chi connectivity index (χ0n) is 12.4. The Morgan fingerprint density at radius 3 is 2.64 bits per heavy atom. The molecule has 0 aliphatic carbocycles. The molecule has 0 radical (unpaired) electrons. The van der Waals surface area contributed by atoms with Crippen LogP contribution in [0.25, 0.3) is 10.9 Å². The Bertz CT molecular complexity index is 810. The molecule has 0 unspecified atom stereocenters. The molecule has 0 saturated carbocycles. The van der Waals surface area contributed by atoms with E-state index in [0.29, 0.717) is 48.4 Å². The van der Waals surface area contributed by atoms with Gasteiger partial charge in [-0.15, -0.1) is 0 Å². The van der Waals surface area contributed by atoms with Gasteiger partial charge in [-0.3, -0.25) is 14.2 Å². The van der Waals surface area contributed by atoms with Crippen molar-refractivity contribution in [3.05, 3.63) is 33.1 Å². The molecule has 0 spiro atoms. The lowest BCUT2D eigenvalue weighted by Gasteiger charge is -2.29. The third-order valence-corrected chi connectivity index (χ3v) is 4.15. The molecule has 0 N–H and O–H groups in total. The Morgan fingerprint density at radius 2 is 2.00 bits per heavy atom. The molecule has 1 fully saturated rings. The van der Waals surface area contributed by atoms with Crippen LogP contribution in [0.5, 0.6) is 0 Å². The number of Topliss-reactive ketones (excluding diaryl/α,β-unsaturated/α-hetero) is 1. The summed E-state index contributed by atoms with van der Waals surface area (Å²) >= 11 is 6.15. The lowest BCUT2D eigenvalue weighted by molar-refractivity contribution is 0.101. The molecule has 1 aliphatic heterocycles. The fourth-order valence-corrected chi connectivity index (χ4v) is 2.88. The molecule has 2 aromatic rings. The van der Waals surface area contributed by atoms with Crippen molar-refractivity contribution in [1.82, 2.24) is 9.55 Å². The lowest BCUT2D eigenvalue weighted by atomic mass is 10.1. The Morgan fingerprint density at radius 1 is 1.32 bits per heavy atom. The molecule has 1 aromatic carbocycles. The summed E-state index contributed by atoms with van der Waals surface area (Å²) in [5, 5.41) is 0.593. The van der Waals surface area contributed by atoms with Crippen LogP contribution in [-0.2, 0) is 11.8 Å². The topological polar surface area (TPSA) is 64.4 Å². The zero-order chi connectivity index (χ0) is 15.9. The van der Waals surface area contributed by atoms with Gasteiger partial charge in [-0.25, -0.2) is 4.98 Å². The SMILES string of the molecule is CC(=O)c1ccc(Cl)c2c(=O)n(C)c(N3CCOCC3)nc12. The first-order valence-electron chi connectivity index (χ1n) is 7.03. The van der Waals surface area contributed by atoms with Gasteiger partial charge in [0.2, 0.25) is 5.95 Å². The molecule has 2 heterocycles. The summed E-state index contributed by atoms with van der Waals surface area (Å²) in [5.41, 5.74) is 0.524. The number of nitrogens with zero attached hydrogens (tertiary/aromatic N) is 3. The van der Waals surface area contributed by atoms with Gasteiger partial charge in [-0.05, 0) is 19.1 Å². The maximum atomic E-state index is 12.7. The standard InChI is InChI=1S/C15H16ClN3O3/c1-9(20)10-3-4-11(16)12-13(10)17-15(18(2)14(12)21)19-5-7-22-8-6-19/h3-4H,5-8H2,1-2H3. The average Bonchev–Trinajstić information content (AvgIpc) is 2.51. The van der Waals surface area contributed by atoms with Gasteiger partial charge in [-0.2, -0.15) is 0 Å². The summed E-state index contributed by atoms with van der Waals surface area (Å²) in [6.45, 7) is 3.94. The monoisotopic (exact) mass is 321 g/mol. The Kier molecular flexibility index (Phi) is 3.88. The van der Waals surface area contributed by atoms with Crippen molar-refractivity contribution in [3.63, 3.8) is 0 Å². The van der Waals surface area contributed by atoms with Crippen molar-refractivity contribution in [2.24, 2.45) is 7.05 Å². The van der Waals surface area contributed by atoms with E-state index in [4.69, 9.17) is 16.3 Å². The molecule has 0 atom stereocenters. The molecule has 22 heavy (non-hydrogen) atoms. The molecule has 0 amide bonds. The number of rotatable bonds is 2. The van der Waals surface area contributed by atoms with E-state index < -0.39 is 0 Å². The highest BCUT2D eigenvalue weighted by atomic mass is 35.5. The quantitative estimate of drug-likeness (QED) is 0.787. The minimum absolute atomic E-state index is 0.143. The number of hydrogen-bond donors (Lipinski definition) is 0. The number of carbonyl (C=O) groups excluding carboxylic acids is 1. The molecule has 1 saturated heterocycles. The minimum Gasteiger partial charge on any atom is -0.378 e. The van der Waals surface area contributed by atoms with Crippen LogP contribution >= 0.6 is 11.6 Å². The summed E-state index contributed by atoms with van der Waals surface area (Å²) in [5.74, 6) is 0.390. The Hall–Kier alpha value is -1.92. The molecule has 1 aliphatic rings. The van der Waals surface area contributed by atoms with Crippen molar-refractivity contribution >= 4 is 34.2 Å². The van der Waals surface area contributed by atoms with Gasteiger partial charge < -0.3 is 9.64 Å². The van der Waals surface area contributed by atoms with Gasteiger partial charge in [0.05, 0.1) is 29.1 Å². The van der Waals surface area contributed by atoms with Crippen LogP contribution in [0.1, 0.15) is 17.3 Å². The number of halogens is 1. The van der Waals surface area contributed by atoms with Gasteiger partial charge >= 0.3 is 0 Å². The summed E-state index contributed by atoms with van der Waals surface area (Å²) < 4.78 is 6.80. The first-order valence-corrected chi connectivity index (χ1v) is 7.41. The number of fused-ring (bicyclic) bond motifs is 1. The molecule has 1 aromatic heterocycles. The summed E-state index contributed by atoms with van der Waals surface area (Å²) in [6, 6.07) is 3.18. The number of anilines is 1. The second-order valence-electron chi connectivity index (χ2n) is 5.25. The van der Waals surface area contributed by atoms with Crippen LogP contribution in [0.4, 0.5) is 5.95 Å². The van der Waals surface area contributed by atoms with Crippen LogP contribution in [0.15, 0.2) is 16.9 Å². The van der Waals surface area contributed by atoms with Gasteiger partial charge in [0.15, 0.2) is 5.78 Å². The van der Waals surface area contributed by atoms with Gasteiger partial charge in [0, 0.05) is 25.7 Å². The van der Waals surface area contributed by atoms with Crippen LogP contribution in [-0.4, -0.2) is 41.6 Å². The van der Waals surface area contributed by atoms with Crippen LogP contribution in [0.3, 0.4) is 0 Å². The van der Waals surface area contributed by atoms with E-state index in [2.05, 4.69) is 4.98 Å². The molecule has 6 nitrogen and oxygen atoms in total. The van der Waals surface area contributed by atoms with Crippen molar-refractivity contribution < 1.29 is 9.53 Å². The smallest absolute Gasteiger partial charge is 0.264 e. The van der Waals surface area contributed by atoms with E-state index in [0.717, 1.165) is 0 Å². The molecule has 3 rings (SSSR count). The van der Waals surface area contributed by atoms with E-state index in [9.17, 15) is 9.59 Å². The maximum absolute atomic E-state index is 12.7. The van der Waals surface area contributed by atoms with E-state index in [1.54, 1.807) is 19.2 Å². The number of benzene rings is 1. The minimum atomic E-state index is -0.250. The Labute approximate surface area is 132 Å². The predicted molar refractivity (Wildman–Crippen MR) is 85.0 cm³/mol. The zero-order valence-corrected chi connectivity index (χ0v) is 13.2. The number of aromatic nitrogens is 2. The second-order valence-corrected chi connectivity index (χ2v) is 5.66. The number of ether oxygens (including phenoxy) is 1. The van der Waals surface area contributed by atoms with Gasteiger partial charge in [-0.1, -0.05) is 11.6 Å². The van der Waals surface area contributed by atoms with Crippen molar-refractivity contribution in [2.75, 3.05) is 31.2 Å². The average molecular weight is 322 g/mol. The normalized spacial score (nSPS) is 15.3. The highest BCUT2D eigenvalue weighted by molar-refractivity contribution is 6.35. The van der Waals surface area contributed by atoms with Crippen LogP contribution in [0, 0.1) is 0 Å². The van der Waals surface area contributed by atoms with E-state index in [1.807, 2.05) is 4.90 Å². The number of carbonyl (C=O) groups is 1. The van der Waals surface area contributed by atoms with E-state index in [-0.39, 0.29) is 16.7 Å². The van der Waals surface area contributed by atoms with Crippen molar-refractivity contribution in [1.29, 1.82) is 0 Å². The molecule has 116 valence electrons. The molecular weight excluding hydrogens is 306 g/mol. The van der Waals surface area contributed by atoms with Crippen molar-refractivity contribution in [2.45, 2.75) is 6.92 Å². The number of morpholine rings is 1. The number of ketones is 1. The third-order valence-electron chi connectivity index (χ3n) is 3.83. The lowest BCUT2D eigenvalue weighted by Crippen LogP contribution is -2.40. The predicted octanol–water partition coefficient (Wildman–Crippen LogP) is 1.63. The first kappa shape index (κ1) is 15.0.